The second kappa shape index (κ2) is 4.96. The first-order valence-corrected chi connectivity index (χ1v) is 5.37. The van der Waals surface area contributed by atoms with Crippen molar-refractivity contribution in [2.45, 2.75) is 40.2 Å². The minimum absolute atomic E-state index is 0.275. The zero-order chi connectivity index (χ0) is 11.4. The first-order valence-electron chi connectivity index (χ1n) is 5.37. The number of benzene rings is 1. The van der Waals surface area contributed by atoms with E-state index >= 15 is 0 Å². The van der Waals surface area contributed by atoms with Crippen LogP contribution in [0.3, 0.4) is 0 Å². The normalized spacial score (nSPS) is 12.2. The van der Waals surface area contributed by atoms with Gasteiger partial charge in [0.05, 0.1) is 5.84 Å². The van der Waals surface area contributed by atoms with Crippen LogP contribution in [0.2, 0.25) is 0 Å². The third kappa shape index (κ3) is 3.74. The van der Waals surface area contributed by atoms with Gasteiger partial charge in [0.2, 0.25) is 0 Å². The lowest BCUT2D eigenvalue weighted by Crippen LogP contribution is -2.17. The molecule has 2 heteroatoms. The Morgan fingerprint density at radius 3 is 2.47 bits per heavy atom. The van der Waals surface area contributed by atoms with Gasteiger partial charge in [-0.25, -0.2) is 0 Å². The van der Waals surface area contributed by atoms with E-state index < -0.39 is 0 Å². The average Bonchev–Trinajstić information content (AvgIpc) is 2.10. The van der Waals surface area contributed by atoms with E-state index in [9.17, 15) is 0 Å². The van der Waals surface area contributed by atoms with E-state index in [-0.39, 0.29) is 6.04 Å². The molecular formula is C13H20N2. The van der Waals surface area contributed by atoms with Crippen LogP contribution in [0, 0.1) is 13.8 Å². The number of aryl methyl sites for hydroxylation is 2. The summed E-state index contributed by atoms with van der Waals surface area (Å²) in [5, 5.41) is 0. The van der Waals surface area contributed by atoms with E-state index in [1.807, 2.05) is 13.8 Å². The van der Waals surface area contributed by atoms with Crippen LogP contribution in [0.1, 0.15) is 30.5 Å². The van der Waals surface area contributed by atoms with Crippen LogP contribution in [0.15, 0.2) is 23.2 Å². The molecule has 0 fully saturated rings. The second-order valence-corrected chi connectivity index (χ2v) is 4.31. The smallest absolute Gasteiger partial charge is 0.0984 e. The van der Waals surface area contributed by atoms with Crippen molar-refractivity contribution < 1.29 is 0 Å². The Morgan fingerprint density at radius 2 is 1.93 bits per heavy atom. The molecule has 0 aliphatic carbocycles. The topological polar surface area (TPSA) is 38.4 Å². The Bertz CT molecular complexity index is 365. The molecule has 0 amide bonds. The molecule has 0 aromatic heterocycles. The summed E-state index contributed by atoms with van der Waals surface area (Å²) in [6.45, 7) is 8.31. The van der Waals surface area contributed by atoms with Gasteiger partial charge in [-0.2, -0.15) is 0 Å². The monoisotopic (exact) mass is 204 g/mol. The summed E-state index contributed by atoms with van der Waals surface area (Å²) in [4.78, 5) is 4.32. The van der Waals surface area contributed by atoms with Crippen LogP contribution in [0.5, 0.6) is 0 Å². The van der Waals surface area contributed by atoms with Crippen molar-refractivity contribution >= 4 is 5.84 Å². The molecule has 0 spiro atoms. The highest BCUT2D eigenvalue weighted by atomic mass is 14.9. The Labute approximate surface area is 92.2 Å². The lowest BCUT2D eigenvalue weighted by Gasteiger charge is -2.06. The molecule has 15 heavy (non-hydrogen) atoms. The number of amidine groups is 1. The predicted octanol–water partition coefficient (Wildman–Crippen LogP) is 2.61. The standard InChI is InChI=1S/C13H20N2/c1-9(2)15-13(14)8-12-6-5-10(3)11(4)7-12/h5-7,9H,8H2,1-4H3,(H2,14,15). The maximum Gasteiger partial charge on any atom is 0.0984 e. The highest BCUT2D eigenvalue weighted by molar-refractivity contribution is 5.82. The molecule has 0 aliphatic heterocycles. The molecule has 2 N–H and O–H groups in total. The van der Waals surface area contributed by atoms with Crippen molar-refractivity contribution in [3.05, 3.63) is 34.9 Å². The fraction of sp³-hybridized carbons (Fsp3) is 0.462. The van der Waals surface area contributed by atoms with Crippen LogP contribution in [-0.4, -0.2) is 11.9 Å². The van der Waals surface area contributed by atoms with E-state index in [4.69, 9.17) is 5.73 Å². The minimum Gasteiger partial charge on any atom is -0.387 e. The lowest BCUT2D eigenvalue weighted by atomic mass is 10.0. The molecule has 0 radical (unpaired) electrons. The Balaban J connectivity index is 2.77. The first-order chi connectivity index (χ1) is 6.99. The summed E-state index contributed by atoms with van der Waals surface area (Å²) in [7, 11) is 0. The van der Waals surface area contributed by atoms with Crippen LogP contribution in [-0.2, 0) is 6.42 Å². The van der Waals surface area contributed by atoms with Crippen molar-refractivity contribution in [2.75, 3.05) is 0 Å². The van der Waals surface area contributed by atoms with Crippen molar-refractivity contribution in [3.8, 4) is 0 Å². The van der Waals surface area contributed by atoms with Crippen LogP contribution in [0.25, 0.3) is 0 Å². The summed E-state index contributed by atoms with van der Waals surface area (Å²) in [6, 6.07) is 6.70. The van der Waals surface area contributed by atoms with Gasteiger partial charge in [-0.05, 0) is 44.4 Å². The maximum atomic E-state index is 5.84. The molecule has 0 saturated heterocycles. The van der Waals surface area contributed by atoms with Crippen molar-refractivity contribution in [2.24, 2.45) is 10.7 Å². The van der Waals surface area contributed by atoms with E-state index in [0.717, 1.165) is 6.42 Å². The average molecular weight is 204 g/mol. The van der Waals surface area contributed by atoms with E-state index in [1.165, 1.54) is 16.7 Å². The molecule has 82 valence electrons. The third-order valence-corrected chi connectivity index (χ3v) is 2.38. The summed E-state index contributed by atoms with van der Waals surface area (Å²) in [6.07, 6.45) is 0.749. The summed E-state index contributed by atoms with van der Waals surface area (Å²) in [5.41, 5.74) is 9.71. The highest BCUT2D eigenvalue weighted by Gasteiger charge is 2.00. The maximum absolute atomic E-state index is 5.84. The molecule has 2 nitrogen and oxygen atoms in total. The lowest BCUT2D eigenvalue weighted by molar-refractivity contribution is 0.829. The van der Waals surface area contributed by atoms with Crippen LogP contribution >= 0.6 is 0 Å². The predicted molar refractivity (Wildman–Crippen MR) is 66.4 cm³/mol. The van der Waals surface area contributed by atoms with Gasteiger partial charge in [0.1, 0.15) is 0 Å². The van der Waals surface area contributed by atoms with Crippen molar-refractivity contribution in [3.63, 3.8) is 0 Å². The van der Waals surface area contributed by atoms with Gasteiger partial charge in [0, 0.05) is 12.5 Å². The van der Waals surface area contributed by atoms with E-state index in [1.54, 1.807) is 0 Å². The highest BCUT2D eigenvalue weighted by Crippen LogP contribution is 2.10. The number of nitrogens with zero attached hydrogens (tertiary/aromatic N) is 1. The summed E-state index contributed by atoms with van der Waals surface area (Å²) in [5.74, 6) is 0.716. The molecule has 1 aromatic rings. The van der Waals surface area contributed by atoms with Gasteiger partial charge in [-0.3, -0.25) is 4.99 Å². The number of nitrogens with two attached hydrogens (primary N) is 1. The first kappa shape index (κ1) is 11.8. The molecule has 1 rings (SSSR count). The number of hydrogen-bond donors (Lipinski definition) is 1. The molecular weight excluding hydrogens is 184 g/mol. The third-order valence-electron chi connectivity index (χ3n) is 2.38. The largest absolute Gasteiger partial charge is 0.387 e. The fourth-order valence-corrected chi connectivity index (χ4v) is 1.50. The van der Waals surface area contributed by atoms with Crippen molar-refractivity contribution in [1.82, 2.24) is 0 Å². The van der Waals surface area contributed by atoms with Gasteiger partial charge >= 0.3 is 0 Å². The Kier molecular flexibility index (Phi) is 3.89. The van der Waals surface area contributed by atoms with Crippen LogP contribution < -0.4 is 5.73 Å². The molecule has 0 unspecified atom stereocenters. The Morgan fingerprint density at radius 1 is 1.27 bits per heavy atom. The molecule has 0 heterocycles. The molecule has 0 atom stereocenters. The van der Waals surface area contributed by atoms with E-state index in [2.05, 4.69) is 37.0 Å². The molecule has 0 bridgehead atoms. The molecule has 1 aromatic carbocycles. The Hall–Kier alpha value is -1.31. The zero-order valence-electron chi connectivity index (χ0n) is 10.0. The minimum atomic E-state index is 0.275. The number of aliphatic imine (C=N–C) groups is 1. The summed E-state index contributed by atoms with van der Waals surface area (Å²) >= 11 is 0. The van der Waals surface area contributed by atoms with Gasteiger partial charge in [-0.15, -0.1) is 0 Å². The van der Waals surface area contributed by atoms with Crippen LogP contribution in [0.4, 0.5) is 0 Å². The van der Waals surface area contributed by atoms with E-state index in [0.29, 0.717) is 5.84 Å². The molecule has 0 aliphatic rings. The van der Waals surface area contributed by atoms with Gasteiger partial charge in [0.25, 0.3) is 0 Å². The van der Waals surface area contributed by atoms with Gasteiger partial charge in [0.15, 0.2) is 0 Å². The number of hydrogen-bond acceptors (Lipinski definition) is 1. The van der Waals surface area contributed by atoms with Gasteiger partial charge in [-0.1, -0.05) is 18.2 Å². The van der Waals surface area contributed by atoms with Crippen molar-refractivity contribution in [1.29, 1.82) is 0 Å². The fourth-order valence-electron chi connectivity index (χ4n) is 1.50. The zero-order valence-corrected chi connectivity index (χ0v) is 10.0. The quantitative estimate of drug-likeness (QED) is 0.596. The second-order valence-electron chi connectivity index (χ2n) is 4.31. The van der Waals surface area contributed by atoms with Gasteiger partial charge < -0.3 is 5.73 Å². The number of rotatable bonds is 3. The summed E-state index contributed by atoms with van der Waals surface area (Å²) < 4.78 is 0. The SMILES string of the molecule is Cc1ccc(CC(N)=NC(C)C)cc1C. The molecule has 0 saturated carbocycles.